The predicted molar refractivity (Wildman–Crippen MR) is 91.4 cm³/mol. The highest BCUT2D eigenvalue weighted by Gasteiger charge is 2.27. The van der Waals surface area contributed by atoms with Crippen molar-refractivity contribution in [1.29, 1.82) is 0 Å². The normalized spacial score (nSPS) is 18.2. The van der Waals surface area contributed by atoms with Gasteiger partial charge in [-0.05, 0) is 30.2 Å². The maximum Gasteiger partial charge on any atom is 0.223 e. The van der Waals surface area contributed by atoms with E-state index in [0.29, 0.717) is 25.9 Å². The smallest absolute Gasteiger partial charge is 0.223 e. The number of nitrogens with one attached hydrogen (secondary N) is 1. The molecule has 1 atom stereocenters. The largest absolute Gasteiger partial charge is 0.333 e. The molecule has 1 saturated heterocycles. The van der Waals surface area contributed by atoms with Gasteiger partial charge in [0.1, 0.15) is 5.82 Å². The second-order valence-corrected chi connectivity index (χ2v) is 7.03. The summed E-state index contributed by atoms with van der Waals surface area (Å²) in [5.74, 6) is -0.168. The van der Waals surface area contributed by atoms with Crippen LogP contribution in [0, 0.1) is 5.82 Å². The van der Waals surface area contributed by atoms with Gasteiger partial charge < -0.3 is 10.2 Å². The molecule has 1 amide bonds. The van der Waals surface area contributed by atoms with E-state index >= 15 is 0 Å². The topological polar surface area (TPSA) is 32.3 Å². The molecule has 0 radical (unpaired) electrons. The number of thiophene rings is 1. The fourth-order valence-corrected chi connectivity index (χ4v) is 3.95. The molecule has 1 unspecified atom stereocenters. The van der Waals surface area contributed by atoms with E-state index < -0.39 is 0 Å². The number of nitrogens with zero attached hydrogens (tertiary/aromatic N) is 1. The molecule has 122 valence electrons. The lowest BCUT2D eigenvalue weighted by Crippen LogP contribution is -2.48. The molecule has 0 bridgehead atoms. The standard InChI is InChI=1S/C17H18ClFN2OS/c18-13-9-15(23-11-13)4-5-17(22)21-7-6-20-10-16(21)12-2-1-3-14(19)8-12/h1-3,8-9,11,16,20H,4-7,10H2. The number of carbonyl (C=O) groups is 1. The van der Waals surface area contributed by atoms with Gasteiger partial charge in [0.15, 0.2) is 0 Å². The third-order valence-electron chi connectivity index (χ3n) is 4.00. The molecular weight excluding hydrogens is 335 g/mol. The second kappa shape index (κ2) is 7.43. The lowest BCUT2D eigenvalue weighted by atomic mass is 10.0. The summed E-state index contributed by atoms with van der Waals surface area (Å²) < 4.78 is 13.5. The van der Waals surface area contributed by atoms with Gasteiger partial charge >= 0.3 is 0 Å². The Bertz CT molecular complexity index is 691. The van der Waals surface area contributed by atoms with Crippen LogP contribution in [0.15, 0.2) is 35.7 Å². The molecular formula is C17H18ClFN2OS. The van der Waals surface area contributed by atoms with Gasteiger partial charge in [0.2, 0.25) is 5.91 Å². The number of hydrogen-bond acceptors (Lipinski definition) is 3. The van der Waals surface area contributed by atoms with Crippen LogP contribution in [0.5, 0.6) is 0 Å². The number of rotatable bonds is 4. The van der Waals surface area contributed by atoms with E-state index in [4.69, 9.17) is 11.6 Å². The molecule has 1 aliphatic heterocycles. The van der Waals surface area contributed by atoms with Crippen LogP contribution in [0.4, 0.5) is 4.39 Å². The van der Waals surface area contributed by atoms with Gasteiger partial charge in [0.25, 0.3) is 0 Å². The molecule has 1 aromatic carbocycles. The molecule has 0 aliphatic carbocycles. The fourth-order valence-electron chi connectivity index (χ4n) is 2.87. The van der Waals surface area contributed by atoms with E-state index in [1.54, 1.807) is 17.4 Å². The highest BCUT2D eigenvalue weighted by atomic mass is 35.5. The first-order chi connectivity index (χ1) is 11.1. The average molecular weight is 353 g/mol. The minimum atomic E-state index is -0.270. The zero-order valence-electron chi connectivity index (χ0n) is 12.6. The van der Waals surface area contributed by atoms with Gasteiger partial charge in [-0.25, -0.2) is 4.39 Å². The number of benzene rings is 1. The molecule has 1 fully saturated rings. The van der Waals surface area contributed by atoms with Crippen LogP contribution in [-0.2, 0) is 11.2 Å². The highest BCUT2D eigenvalue weighted by Crippen LogP contribution is 2.25. The van der Waals surface area contributed by atoms with Crippen molar-refractivity contribution in [1.82, 2.24) is 10.2 Å². The molecule has 3 nitrogen and oxygen atoms in total. The van der Waals surface area contributed by atoms with Gasteiger partial charge in [-0.15, -0.1) is 11.3 Å². The van der Waals surface area contributed by atoms with E-state index in [1.807, 2.05) is 22.4 Å². The molecule has 1 N–H and O–H groups in total. The maximum atomic E-state index is 13.5. The van der Waals surface area contributed by atoms with Gasteiger partial charge in [-0.1, -0.05) is 23.7 Å². The minimum absolute atomic E-state index is 0.102. The molecule has 2 aromatic rings. The summed E-state index contributed by atoms with van der Waals surface area (Å²) in [6, 6.07) is 8.29. The van der Waals surface area contributed by atoms with Crippen molar-refractivity contribution in [3.8, 4) is 0 Å². The molecule has 1 aliphatic rings. The molecule has 0 spiro atoms. The lowest BCUT2D eigenvalue weighted by molar-refractivity contribution is -0.134. The number of aryl methyl sites for hydroxylation is 1. The van der Waals surface area contributed by atoms with Crippen LogP contribution < -0.4 is 5.32 Å². The maximum absolute atomic E-state index is 13.5. The van der Waals surface area contributed by atoms with Crippen molar-refractivity contribution in [2.75, 3.05) is 19.6 Å². The summed E-state index contributed by atoms with van der Waals surface area (Å²) in [4.78, 5) is 15.6. The van der Waals surface area contributed by atoms with Crippen LogP contribution in [0.2, 0.25) is 5.02 Å². The Balaban J connectivity index is 1.69. The van der Waals surface area contributed by atoms with E-state index in [9.17, 15) is 9.18 Å². The third kappa shape index (κ3) is 4.10. The molecule has 0 saturated carbocycles. The number of amides is 1. The Morgan fingerprint density at radius 3 is 3.04 bits per heavy atom. The number of carbonyl (C=O) groups excluding carboxylic acids is 1. The van der Waals surface area contributed by atoms with Crippen molar-refractivity contribution in [3.05, 3.63) is 57.0 Å². The van der Waals surface area contributed by atoms with Crippen LogP contribution in [-0.4, -0.2) is 30.4 Å². The first kappa shape index (κ1) is 16.4. The van der Waals surface area contributed by atoms with Crippen LogP contribution in [0.3, 0.4) is 0 Å². The Morgan fingerprint density at radius 1 is 1.43 bits per heavy atom. The zero-order chi connectivity index (χ0) is 16.2. The number of halogens is 2. The molecule has 2 heterocycles. The van der Waals surface area contributed by atoms with Crippen molar-refractivity contribution >= 4 is 28.8 Å². The van der Waals surface area contributed by atoms with E-state index in [-0.39, 0.29) is 17.8 Å². The Kier molecular flexibility index (Phi) is 5.30. The third-order valence-corrected chi connectivity index (χ3v) is 5.35. The molecule has 3 rings (SSSR count). The highest BCUT2D eigenvalue weighted by molar-refractivity contribution is 7.10. The molecule has 6 heteroatoms. The number of hydrogen-bond donors (Lipinski definition) is 1. The van der Waals surface area contributed by atoms with Crippen LogP contribution >= 0.6 is 22.9 Å². The van der Waals surface area contributed by atoms with Crippen molar-refractivity contribution < 1.29 is 9.18 Å². The Labute approximate surface area is 144 Å². The molecule has 23 heavy (non-hydrogen) atoms. The lowest BCUT2D eigenvalue weighted by Gasteiger charge is -2.36. The number of piperazine rings is 1. The first-order valence-corrected chi connectivity index (χ1v) is 8.88. The quantitative estimate of drug-likeness (QED) is 0.911. The molecule has 1 aromatic heterocycles. The van der Waals surface area contributed by atoms with Crippen molar-refractivity contribution in [2.24, 2.45) is 0 Å². The first-order valence-electron chi connectivity index (χ1n) is 7.62. The van der Waals surface area contributed by atoms with E-state index in [1.165, 1.54) is 12.1 Å². The fraction of sp³-hybridized carbons (Fsp3) is 0.353. The minimum Gasteiger partial charge on any atom is -0.333 e. The van der Waals surface area contributed by atoms with Crippen LogP contribution in [0.25, 0.3) is 0 Å². The summed E-state index contributed by atoms with van der Waals surface area (Å²) in [6.07, 6.45) is 1.14. The van der Waals surface area contributed by atoms with Gasteiger partial charge in [-0.3, -0.25) is 4.79 Å². The van der Waals surface area contributed by atoms with Crippen molar-refractivity contribution in [3.63, 3.8) is 0 Å². The van der Waals surface area contributed by atoms with Gasteiger partial charge in [-0.2, -0.15) is 0 Å². The van der Waals surface area contributed by atoms with E-state index in [2.05, 4.69) is 5.32 Å². The average Bonchev–Trinajstić information content (AvgIpc) is 2.98. The monoisotopic (exact) mass is 352 g/mol. The van der Waals surface area contributed by atoms with Crippen molar-refractivity contribution in [2.45, 2.75) is 18.9 Å². The Hall–Kier alpha value is -1.43. The summed E-state index contributed by atoms with van der Waals surface area (Å²) >= 11 is 7.49. The van der Waals surface area contributed by atoms with Crippen LogP contribution in [0.1, 0.15) is 22.9 Å². The summed E-state index contributed by atoms with van der Waals surface area (Å²) in [6.45, 7) is 2.06. The van der Waals surface area contributed by atoms with E-state index in [0.717, 1.165) is 22.0 Å². The van der Waals surface area contributed by atoms with Gasteiger partial charge in [0.05, 0.1) is 11.1 Å². The second-order valence-electron chi connectivity index (χ2n) is 5.59. The summed E-state index contributed by atoms with van der Waals surface area (Å²) in [5, 5.41) is 5.88. The zero-order valence-corrected chi connectivity index (χ0v) is 14.2. The summed E-state index contributed by atoms with van der Waals surface area (Å²) in [7, 11) is 0. The Morgan fingerprint density at radius 2 is 2.30 bits per heavy atom. The predicted octanol–water partition coefficient (Wildman–Crippen LogP) is 3.65. The SMILES string of the molecule is O=C(CCc1cc(Cl)cs1)N1CCNCC1c1cccc(F)c1. The summed E-state index contributed by atoms with van der Waals surface area (Å²) in [5.41, 5.74) is 0.838. The van der Waals surface area contributed by atoms with Gasteiger partial charge in [0, 0.05) is 36.3 Å².